The van der Waals surface area contributed by atoms with Gasteiger partial charge in [0.25, 0.3) is 5.69 Å². The molecule has 0 N–H and O–H groups in total. The maximum atomic E-state index is 13.0. The number of nitrogens with zero attached hydrogens (tertiary/aromatic N) is 3. The summed E-state index contributed by atoms with van der Waals surface area (Å²) in [6.45, 7) is 4.32. The summed E-state index contributed by atoms with van der Waals surface area (Å²) >= 11 is 3.54. The number of sulfonamides is 1. The highest BCUT2D eigenvalue weighted by Crippen LogP contribution is 2.26. The fourth-order valence-electron chi connectivity index (χ4n) is 3.11. The van der Waals surface area contributed by atoms with Gasteiger partial charge in [0.1, 0.15) is 0 Å². The Labute approximate surface area is 166 Å². The third-order valence-electron chi connectivity index (χ3n) is 4.68. The zero-order chi connectivity index (χ0) is 19.6. The average molecular weight is 454 g/mol. The molecule has 0 amide bonds. The number of halogens is 1. The van der Waals surface area contributed by atoms with Crippen molar-refractivity contribution in [1.29, 1.82) is 0 Å². The van der Waals surface area contributed by atoms with Crippen molar-refractivity contribution in [3.05, 3.63) is 68.2 Å². The minimum absolute atomic E-state index is 0.0101. The normalized spacial score (nSPS) is 16.4. The Hall–Kier alpha value is -1.81. The second-order valence-electron chi connectivity index (χ2n) is 6.48. The third-order valence-corrected chi connectivity index (χ3v) is 7.50. The van der Waals surface area contributed by atoms with Crippen molar-refractivity contribution in [2.24, 2.45) is 0 Å². The molecule has 2 aromatic rings. The highest BCUT2D eigenvalue weighted by Gasteiger charge is 2.30. The predicted octanol–water partition coefficient (Wildman–Crippen LogP) is 3.17. The SMILES string of the molecule is Cc1ccc([N+](=O)[O-])cc1S(=O)(=O)N1CCN(Cc2ccccc2Br)CC1. The lowest BCUT2D eigenvalue weighted by Gasteiger charge is -2.34. The second-order valence-corrected chi connectivity index (χ2v) is 9.24. The molecule has 0 aromatic heterocycles. The Balaban J connectivity index is 1.73. The van der Waals surface area contributed by atoms with Crippen LogP contribution in [-0.2, 0) is 16.6 Å². The molecule has 0 spiro atoms. The molecular formula is C18H20BrN3O4S. The van der Waals surface area contributed by atoms with Crippen molar-refractivity contribution < 1.29 is 13.3 Å². The first-order valence-corrected chi connectivity index (χ1v) is 10.7. The first-order valence-electron chi connectivity index (χ1n) is 8.50. The molecule has 1 saturated heterocycles. The Morgan fingerprint density at radius 1 is 1.11 bits per heavy atom. The largest absolute Gasteiger partial charge is 0.296 e. The van der Waals surface area contributed by atoms with Gasteiger partial charge in [0.15, 0.2) is 0 Å². The molecule has 0 atom stereocenters. The summed E-state index contributed by atoms with van der Waals surface area (Å²) in [7, 11) is -3.76. The molecule has 0 bridgehead atoms. The average Bonchev–Trinajstić information content (AvgIpc) is 2.64. The molecule has 9 heteroatoms. The molecule has 1 heterocycles. The minimum Gasteiger partial charge on any atom is -0.296 e. The molecule has 0 radical (unpaired) electrons. The fraction of sp³-hybridized carbons (Fsp3) is 0.333. The van der Waals surface area contributed by atoms with Gasteiger partial charge in [-0.1, -0.05) is 40.2 Å². The Bertz CT molecular complexity index is 957. The molecule has 1 aliphatic heterocycles. The van der Waals surface area contributed by atoms with Crippen LogP contribution in [0.25, 0.3) is 0 Å². The van der Waals surface area contributed by atoms with Crippen LogP contribution in [-0.4, -0.2) is 48.7 Å². The summed E-state index contributed by atoms with van der Waals surface area (Å²) in [6.07, 6.45) is 0. The van der Waals surface area contributed by atoms with Gasteiger partial charge in [0.05, 0.1) is 9.82 Å². The van der Waals surface area contributed by atoms with Crippen LogP contribution in [0.15, 0.2) is 51.8 Å². The van der Waals surface area contributed by atoms with E-state index < -0.39 is 14.9 Å². The van der Waals surface area contributed by atoms with Gasteiger partial charge >= 0.3 is 0 Å². The van der Waals surface area contributed by atoms with E-state index >= 15 is 0 Å². The van der Waals surface area contributed by atoms with Gasteiger partial charge in [-0.25, -0.2) is 8.42 Å². The van der Waals surface area contributed by atoms with E-state index in [9.17, 15) is 18.5 Å². The first kappa shape index (κ1) is 19.9. The molecule has 0 aliphatic carbocycles. The van der Waals surface area contributed by atoms with E-state index in [1.165, 1.54) is 16.4 Å². The summed E-state index contributed by atoms with van der Waals surface area (Å²) in [5, 5.41) is 11.0. The zero-order valence-electron chi connectivity index (χ0n) is 14.8. The van der Waals surface area contributed by atoms with Gasteiger partial charge < -0.3 is 0 Å². The van der Waals surface area contributed by atoms with Crippen molar-refractivity contribution in [3.8, 4) is 0 Å². The summed E-state index contributed by atoms with van der Waals surface area (Å²) in [5.74, 6) is 0. The van der Waals surface area contributed by atoms with Gasteiger partial charge in [-0.15, -0.1) is 0 Å². The van der Waals surface area contributed by atoms with Crippen LogP contribution in [0.3, 0.4) is 0 Å². The number of piperazine rings is 1. The molecule has 27 heavy (non-hydrogen) atoms. The second kappa shape index (κ2) is 8.05. The Kier molecular flexibility index (Phi) is 5.95. The van der Waals surface area contributed by atoms with Crippen molar-refractivity contribution in [2.45, 2.75) is 18.4 Å². The van der Waals surface area contributed by atoms with E-state index in [1.54, 1.807) is 6.92 Å². The molecule has 1 aliphatic rings. The number of nitro groups is 1. The van der Waals surface area contributed by atoms with E-state index in [-0.39, 0.29) is 10.6 Å². The number of hydrogen-bond acceptors (Lipinski definition) is 5. The highest BCUT2D eigenvalue weighted by molar-refractivity contribution is 9.10. The maximum absolute atomic E-state index is 13.0. The van der Waals surface area contributed by atoms with Crippen LogP contribution in [0.1, 0.15) is 11.1 Å². The molecule has 2 aromatic carbocycles. The maximum Gasteiger partial charge on any atom is 0.270 e. The summed E-state index contributed by atoms with van der Waals surface area (Å²) in [5.41, 5.74) is 1.45. The van der Waals surface area contributed by atoms with Gasteiger partial charge in [-0.05, 0) is 24.1 Å². The van der Waals surface area contributed by atoms with Gasteiger partial charge in [-0.3, -0.25) is 15.0 Å². The van der Waals surface area contributed by atoms with Gasteiger partial charge in [0, 0.05) is 49.3 Å². The van der Waals surface area contributed by atoms with E-state index in [1.807, 2.05) is 24.3 Å². The summed E-state index contributed by atoms with van der Waals surface area (Å²) in [4.78, 5) is 12.6. The monoisotopic (exact) mass is 453 g/mol. The smallest absolute Gasteiger partial charge is 0.270 e. The summed E-state index contributed by atoms with van der Waals surface area (Å²) < 4.78 is 28.4. The van der Waals surface area contributed by atoms with Crippen molar-refractivity contribution >= 4 is 31.6 Å². The summed E-state index contributed by atoms with van der Waals surface area (Å²) in [6, 6.07) is 11.9. The molecule has 0 unspecified atom stereocenters. The standard InChI is InChI=1S/C18H20BrN3O4S/c1-14-6-7-16(22(23)24)12-18(14)27(25,26)21-10-8-20(9-11-21)13-15-4-2-3-5-17(15)19/h2-7,12H,8-11,13H2,1H3. The van der Waals surface area contributed by atoms with Crippen molar-refractivity contribution in [1.82, 2.24) is 9.21 Å². The fourth-order valence-corrected chi connectivity index (χ4v) is 5.19. The molecular weight excluding hydrogens is 434 g/mol. The highest BCUT2D eigenvalue weighted by atomic mass is 79.9. The van der Waals surface area contributed by atoms with E-state index in [0.29, 0.717) is 31.7 Å². The zero-order valence-corrected chi connectivity index (χ0v) is 17.2. The predicted molar refractivity (Wildman–Crippen MR) is 106 cm³/mol. The lowest BCUT2D eigenvalue weighted by molar-refractivity contribution is -0.385. The van der Waals surface area contributed by atoms with Crippen LogP contribution in [0.5, 0.6) is 0 Å². The minimum atomic E-state index is -3.76. The number of hydrogen-bond donors (Lipinski definition) is 0. The first-order chi connectivity index (χ1) is 12.8. The van der Waals surface area contributed by atoms with Crippen LogP contribution in [0, 0.1) is 17.0 Å². The number of nitro benzene ring substituents is 1. The molecule has 1 fully saturated rings. The molecule has 0 saturated carbocycles. The van der Waals surface area contributed by atoms with Gasteiger partial charge in [0.2, 0.25) is 10.0 Å². The van der Waals surface area contributed by atoms with Crippen molar-refractivity contribution in [2.75, 3.05) is 26.2 Å². The lowest BCUT2D eigenvalue weighted by atomic mass is 10.2. The van der Waals surface area contributed by atoms with Crippen LogP contribution < -0.4 is 0 Å². The van der Waals surface area contributed by atoms with Gasteiger partial charge in [-0.2, -0.15) is 4.31 Å². The topological polar surface area (TPSA) is 83.8 Å². The van der Waals surface area contributed by atoms with Crippen LogP contribution in [0.4, 0.5) is 5.69 Å². The number of aryl methyl sites for hydroxylation is 1. The quantitative estimate of drug-likeness (QED) is 0.512. The Morgan fingerprint density at radius 3 is 2.41 bits per heavy atom. The van der Waals surface area contributed by atoms with E-state index in [0.717, 1.165) is 22.6 Å². The van der Waals surface area contributed by atoms with E-state index in [4.69, 9.17) is 0 Å². The number of benzene rings is 2. The van der Waals surface area contributed by atoms with Crippen LogP contribution >= 0.6 is 15.9 Å². The lowest BCUT2D eigenvalue weighted by Crippen LogP contribution is -2.48. The Morgan fingerprint density at radius 2 is 1.78 bits per heavy atom. The number of non-ortho nitro benzene ring substituents is 1. The van der Waals surface area contributed by atoms with E-state index in [2.05, 4.69) is 20.8 Å². The number of rotatable bonds is 5. The molecule has 144 valence electrons. The molecule has 7 nitrogen and oxygen atoms in total. The van der Waals surface area contributed by atoms with Crippen molar-refractivity contribution in [3.63, 3.8) is 0 Å². The third kappa shape index (κ3) is 4.37. The van der Waals surface area contributed by atoms with Crippen LogP contribution in [0.2, 0.25) is 0 Å². The molecule has 3 rings (SSSR count).